The molecule has 15 heteroatoms. The SMILES string of the molecule is Cc1cc(=O)c(NC(=O)CN2CCN(CCSc3nc4cc(F)c(F)cc4[nH]3)CC2)c(OCC(F)(F)F)[nH]1. The van der Waals surface area contributed by atoms with E-state index in [1.807, 2.05) is 4.90 Å². The molecule has 0 spiro atoms. The molecule has 3 heterocycles. The molecule has 0 atom stereocenters. The van der Waals surface area contributed by atoms with E-state index in [0.717, 1.165) is 24.7 Å². The summed E-state index contributed by atoms with van der Waals surface area (Å²) < 4.78 is 69.1. The number of imidazole rings is 1. The van der Waals surface area contributed by atoms with E-state index in [1.54, 1.807) is 0 Å². The molecule has 0 saturated carbocycles. The maximum absolute atomic E-state index is 13.4. The van der Waals surface area contributed by atoms with Gasteiger partial charge in [-0.3, -0.25) is 19.4 Å². The number of alkyl halides is 3. The Morgan fingerprint density at radius 1 is 1.11 bits per heavy atom. The zero-order valence-corrected chi connectivity index (χ0v) is 21.1. The molecule has 1 aromatic carbocycles. The number of anilines is 1. The van der Waals surface area contributed by atoms with Crippen molar-refractivity contribution in [3.05, 3.63) is 45.8 Å². The number of ether oxygens (including phenoxy) is 1. The van der Waals surface area contributed by atoms with Gasteiger partial charge in [-0.1, -0.05) is 11.8 Å². The highest BCUT2D eigenvalue weighted by Gasteiger charge is 2.30. The fourth-order valence-corrected chi connectivity index (χ4v) is 4.80. The van der Waals surface area contributed by atoms with Crippen LogP contribution in [0.1, 0.15) is 5.69 Å². The number of H-pyrrole nitrogens is 2. The number of hydrogen-bond acceptors (Lipinski definition) is 7. The van der Waals surface area contributed by atoms with Gasteiger partial charge in [-0.2, -0.15) is 13.2 Å². The highest BCUT2D eigenvalue weighted by Crippen LogP contribution is 2.23. The molecule has 1 saturated heterocycles. The minimum atomic E-state index is -4.61. The summed E-state index contributed by atoms with van der Waals surface area (Å²) in [7, 11) is 0. The number of pyridine rings is 1. The first-order valence-corrected chi connectivity index (χ1v) is 12.6. The number of halogens is 5. The van der Waals surface area contributed by atoms with Crippen molar-refractivity contribution >= 4 is 34.4 Å². The molecule has 0 radical (unpaired) electrons. The molecule has 1 fully saturated rings. The van der Waals surface area contributed by atoms with E-state index in [1.165, 1.54) is 18.7 Å². The minimum Gasteiger partial charge on any atom is -0.468 e. The molecular weight excluding hydrogens is 535 g/mol. The summed E-state index contributed by atoms with van der Waals surface area (Å²) >= 11 is 1.43. The maximum atomic E-state index is 13.4. The van der Waals surface area contributed by atoms with Crippen LogP contribution in [0.25, 0.3) is 11.0 Å². The topological polar surface area (TPSA) is 106 Å². The lowest BCUT2D eigenvalue weighted by Gasteiger charge is -2.34. The molecule has 0 aliphatic carbocycles. The Morgan fingerprint density at radius 2 is 1.79 bits per heavy atom. The molecule has 0 unspecified atom stereocenters. The number of carbonyl (C=O) groups is 1. The second-order valence-corrected chi connectivity index (χ2v) is 9.85. The van der Waals surface area contributed by atoms with Crippen molar-refractivity contribution in [2.75, 3.05) is 56.9 Å². The number of amides is 1. The quantitative estimate of drug-likeness (QED) is 0.273. The molecule has 0 bridgehead atoms. The summed E-state index contributed by atoms with van der Waals surface area (Å²) in [6.07, 6.45) is -4.61. The first-order valence-electron chi connectivity index (χ1n) is 11.6. The first-order chi connectivity index (χ1) is 18.0. The number of nitrogens with zero attached hydrogens (tertiary/aromatic N) is 3. The number of piperazine rings is 1. The first kappa shape index (κ1) is 27.9. The summed E-state index contributed by atoms with van der Waals surface area (Å²) in [5.74, 6) is -2.19. The Kier molecular flexibility index (Phi) is 8.57. The Labute approximate surface area is 217 Å². The maximum Gasteiger partial charge on any atom is 0.422 e. The van der Waals surface area contributed by atoms with Crippen molar-refractivity contribution in [1.82, 2.24) is 24.8 Å². The number of benzene rings is 1. The van der Waals surface area contributed by atoms with Gasteiger partial charge in [0.05, 0.1) is 17.6 Å². The number of nitrogens with one attached hydrogen (secondary N) is 3. The molecule has 1 amide bonds. The standard InChI is InChI=1S/C23H25F5N6O3S/c1-13-8-18(35)20(21(29-13)37-12-23(26,27)28)32-19(36)11-34-4-2-33(3-5-34)6-7-38-22-30-16-9-14(24)15(25)10-17(16)31-22/h8-10H,2-7,11-12H2,1H3,(H,29,35)(H,30,31)(H,32,36). The van der Waals surface area contributed by atoms with Crippen LogP contribution in [0.5, 0.6) is 5.88 Å². The Hall–Kier alpha value is -3.17. The van der Waals surface area contributed by atoms with Gasteiger partial charge in [0.15, 0.2) is 23.4 Å². The number of aryl methyl sites for hydroxylation is 1. The Bertz CT molecular complexity index is 1310. The van der Waals surface area contributed by atoms with E-state index in [4.69, 9.17) is 4.74 Å². The summed E-state index contributed by atoms with van der Waals surface area (Å²) in [5.41, 5.74) is 0.0443. The average Bonchev–Trinajstić information content (AvgIpc) is 3.21. The lowest BCUT2D eigenvalue weighted by atomic mass is 10.3. The number of fused-ring (bicyclic) bond motifs is 1. The van der Waals surface area contributed by atoms with Gasteiger partial charge in [-0.25, -0.2) is 13.8 Å². The van der Waals surface area contributed by atoms with Gasteiger partial charge in [0.2, 0.25) is 17.2 Å². The van der Waals surface area contributed by atoms with E-state index in [9.17, 15) is 31.5 Å². The van der Waals surface area contributed by atoms with Crippen LogP contribution in [0.15, 0.2) is 28.2 Å². The van der Waals surface area contributed by atoms with Crippen LogP contribution in [0, 0.1) is 18.6 Å². The second-order valence-electron chi connectivity index (χ2n) is 8.76. The Balaban J connectivity index is 1.23. The highest BCUT2D eigenvalue weighted by molar-refractivity contribution is 7.99. The van der Waals surface area contributed by atoms with Crippen molar-refractivity contribution in [1.29, 1.82) is 0 Å². The summed E-state index contributed by atoms with van der Waals surface area (Å²) in [4.78, 5) is 38.7. The van der Waals surface area contributed by atoms with Gasteiger partial charge in [0.1, 0.15) is 5.69 Å². The van der Waals surface area contributed by atoms with Crippen LogP contribution in [-0.2, 0) is 4.79 Å². The van der Waals surface area contributed by atoms with Gasteiger partial charge in [0.25, 0.3) is 0 Å². The fraction of sp³-hybridized carbons (Fsp3) is 0.435. The van der Waals surface area contributed by atoms with Crippen LogP contribution in [0.4, 0.5) is 27.6 Å². The lowest BCUT2D eigenvalue weighted by Crippen LogP contribution is -2.49. The van der Waals surface area contributed by atoms with Crippen molar-refractivity contribution < 1.29 is 31.5 Å². The van der Waals surface area contributed by atoms with Crippen molar-refractivity contribution in [3.8, 4) is 5.88 Å². The number of hydrogen-bond donors (Lipinski definition) is 3. The van der Waals surface area contributed by atoms with Gasteiger partial charge in [-0.15, -0.1) is 0 Å². The van der Waals surface area contributed by atoms with Gasteiger partial charge < -0.3 is 20.0 Å². The molecule has 2 aromatic heterocycles. The largest absolute Gasteiger partial charge is 0.468 e. The number of carbonyl (C=O) groups excluding carboxylic acids is 1. The molecular formula is C23H25F5N6O3S. The van der Waals surface area contributed by atoms with Gasteiger partial charge in [0, 0.05) is 62.4 Å². The molecule has 206 valence electrons. The zero-order chi connectivity index (χ0) is 27.4. The molecule has 3 aromatic rings. The number of aromatic nitrogens is 3. The zero-order valence-electron chi connectivity index (χ0n) is 20.3. The third-order valence-electron chi connectivity index (χ3n) is 5.76. The number of rotatable bonds is 9. The predicted molar refractivity (Wildman–Crippen MR) is 132 cm³/mol. The summed E-state index contributed by atoms with van der Waals surface area (Å²) in [6.45, 7) is 3.06. The van der Waals surface area contributed by atoms with Gasteiger partial charge in [-0.05, 0) is 6.92 Å². The predicted octanol–water partition coefficient (Wildman–Crippen LogP) is 3.13. The van der Waals surface area contributed by atoms with Crippen molar-refractivity contribution in [3.63, 3.8) is 0 Å². The average molecular weight is 561 g/mol. The molecule has 9 nitrogen and oxygen atoms in total. The molecule has 4 rings (SSSR count). The molecule has 1 aliphatic heterocycles. The van der Waals surface area contributed by atoms with E-state index in [-0.39, 0.29) is 12.2 Å². The molecule has 3 N–H and O–H groups in total. The number of thioether (sulfide) groups is 1. The van der Waals surface area contributed by atoms with Crippen LogP contribution in [-0.4, -0.2) is 88.5 Å². The van der Waals surface area contributed by atoms with Crippen LogP contribution in [0.2, 0.25) is 0 Å². The van der Waals surface area contributed by atoms with E-state index >= 15 is 0 Å². The third kappa shape index (κ3) is 7.45. The second kappa shape index (κ2) is 11.7. The van der Waals surface area contributed by atoms with E-state index in [2.05, 4.69) is 25.2 Å². The lowest BCUT2D eigenvalue weighted by molar-refractivity contribution is -0.154. The van der Waals surface area contributed by atoms with E-state index in [0.29, 0.717) is 53.8 Å². The molecule has 1 aliphatic rings. The summed E-state index contributed by atoms with van der Waals surface area (Å²) in [5, 5.41) is 2.94. The third-order valence-corrected chi connectivity index (χ3v) is 6.61. The molecule has 38 heavy (non-hydrogen) atoms. The van der Waals surface area contributed by atoms with Crippen LogP contribution in [0.3, 0.4) is 0 Å². The normalized spacial score (nSPS) is 15.2. The van der Waals surface area contributed by atoms with Crippen molar-refractivity contribution in [2.45, 2.75) is 18.3 Å². The fourth-order valence-electron chi connectivity index (χ4n) is 3.91. The number of aromatic amines is 2. The smallest absolute Gasteiger partial charge is 0.422 e. The highest BCUT2D eigenvalue weighted by atomic mass is 32.2. The Morgan fingerprint density at radius 3 is 2.50 bits per heavy atom. The van der Waals surface area contributed by atoms with Crippen LogP contribution >= 0.6 is 11.8 Å². The van der Waals surface area contributed by atoms with Crippen LogP contribution < -0.4 is 15.5 Å². The van der Waals surface area contributed by atoms with Gasteiger partial charge >= 0.3 is 6.18 Å². The summed E-state index contributed by atoms with van der Waals surface area (Å²) in [6, 6.07) is 3.28. The minimum absolute atomic E-state index is 0.0410. The van der Waals surface area contributed by atoms with Crippen molar-refractivity contribution in [2.24, 2.45) is 0 Å². The van der Waals surface area contributed by atoms with E-state index < -0.39 is 41.6 Å². The monoisotopic (exact) mass is 560 g/mol.